The zero-order chi connectivity index (χ0) is 14.2. The summed E-state index contributed by atoms with van der Waals surface area (Å²) in [5.41, 5.74) is 0. The highest BCUT2D eigenvalue weighted by atomic mass is 32.2. The normalized spacial score (nSPS) is 24.9. The molecular formula is C12H19N3O4S. The van der Waals surface area contributed by atoms with Gasteiger partial charge >= 0.3 is 0 Å². The zero-order valence-corrected chi connectivity index (χ0v) is 12.3. The Morgan fingerprint density at radius 1 is 1.40 bits per heavy atom. The Labute approximate surface area is 118 Å². The standard InChI is InChI=1S/C12H19N3O4S/c1-9-13-12(19-14-9)8-18-10-3-2-6-15(7-10)20(16,17)11-4-5-11/h10-11H,2-8H2,1H3/t10-/m1/s1. The summed E-state index contributed by atoms with van der Waals surface area (Å²) in [5.74, 6) is 1.01. The van der Waals surface area contributed by atoms with E-state index < -0.39 is 10.0 Å². The van der Waals surface area contributed by atoms with E-state index in [9.17, 15) is 8.42 Å². The minimum absolute atomic E-state index is 0.0931. The molecule has 1 aliphatic carbocycles. The van der Waals surface area contributed by atoms with Crippen molar-refractivity contribution in [3.05, 3.63) is 11.7 Å². The van der Waals surface area contributed by atoms with E-state index in [1.54, 1.807) is 11.2 Å². The summed E-state index contributed by atoms with van der Waals surface area (Å²) in [5, 5.41) is 3.54. The number of aromatic nitrogens is 2. The molecule has 1 saturated heterocycles. The van der Waals surface area contributed by atoms with Crippen LogP contribution in [0, 0.1) is 6.92 Å². The van der Waals surface area contributed by atoms with Crippen molar-refractivity contribution in [1.82, 2.24) is 14.4 Å². The van der Waals surface area contributed by atoms with E-state index in [0.717, 1.165) is 25.7 Å². The highest BCUT2D eigenvalue weighted by molar-refractivity contribution is 7.90. The first kappa shape index (κ1) is 14.0. The van der Waals surface area contributed by atoms with Crippen LogP contribution >= 0.6 is 0 Å². The van der Waals surface area contributed by atoms with Gasteiger partial charge in [0.1, 0.15) is 6.61 Å². The summed E-state index contributed by atoms with van der Waals surface area (Å²) in [6.45, 7) is 3.03. The second-order valence-electron chi connectivity index (χ2n) is 5.41. The predicted molar refractivity (Wildman–Crippen MR) is 70.4 cm³/mol. The molecule has 7 nitrogen and oxygen atoms in total. The number of aryl methyl sites for hydroxylation is 1. The highest BCUT2D eigenvalue weighted by Crippen LogP contribution is 2.32. The third-order valence-corrected chi connectivity index (χ3v) is 6.02. The molecule has 112 valence electrons. The van der Waals surface area contributed by atoms with Crippen LogP contribution < -0.4 is 0 Å². The summed E-state index contributed by atoms with van der Waals surface area (Å²) in [6.07, 6.45) is 3.20. The van der Waals surface area contributed by atoms with Crippen LogP contribution in [0.3, 0.4) is 0 Å². The van der Waals surface area contributed by atoms with Crippen LogP contribution in [0.2, 0.25) is 0 Å². The molecule has 2 fully saturated rings. The molecule has 8 heteroatoms. The predicted octanol–water partition coefficient (Wildman–Crippen LogP) is 0.851. The van der Waals surface area contributed by atoms with Crippen molar-refractivity contribution in [2.75, 3.05) is 13.1 Å². The molecule has 0 bridgehead atoms. The van der Waals surface area contributed by atoms with Gasteiger partial charge in [-0.25, -0.2) is 8.42 Å². The molecule has 3 rings (SSSR count). The molecule has 2 heterocycles. The first-order valence-corrected chi connectivity index (χ1v) is 8.46. The first-order valence-electron chi connectivity index (χ1n) is 6.95. The van der Waals surface area contributed by atoms with Crippen LogP contribution in [0.4, 0.5) is 0 Å². The molecule has 0 aromatic carbocycles. The van der Waals surface area contributed by atoms with Crippen molar-refractivity contribution < 1.29 is 17.7 Å². The number of ether oxygens (including phenoxy) is 1. The van der Waals surface area contributed by atoms with Gasteiger partial charge in [0, 0.05) is 13.1 Å². The second-order valence-corrected chi connectivity index (χ2v) is 7.63. The molecule has 1 aliphatic heterocycles. The fourth-order valence-corrected chi connectivity index (χ4v) is 4.35. The van der Waals surface area contributed by atoms with Crippen molar-refractivity contribution >= 4 is 10.0 Å². The second kappa shape index (κ2) is 5.42. The molecule has 0 N–H and O–H groups in total. The van der Waals surface area contributed by atoms with Crippen LogP contribution in [-0.2, 0) is 21.4 Å². The maximum Gasteiger partial charge on any atom is 0.252 e. The van der Waals surface area contributed by atoms with Gasteiger partial charge in [0.05, 0.1) is 11.4 Å². The van der Waals surface area contributed by atoms with Gasteiger partial charge < -0.3 is 9.26 Å². The lowest BCUT2D eigenvalue weighted by molar-refractivity contribution is -0.00298. The maximum atomic E-state index is 12.2. The average Bonchev–Trinajstić information content (AvgIpc) is 3.21. The smallest absolute Gasteiger partial charge is 0.252 e. The molecule has 0 unspecified atom stereocenters. The third kappa shape index (κ3) is 3.02. The molecular weight excluding hydrogens is 282 g/mol. The van der Waals surface area contributed by atoms with E-state index in [1.807, 2.05) is 0 Å². The van der Waals surface area contributed by atoms with Gasteiger partial charge in [-0.15, -0.1) is 0 Å². The molecule has 1 aromatic heterocycles. The monoisotopic (exact) mass is 301 g/mol. The van der Waals surface area contributed by atoms with Crippen molar-refractivity contribution in [3.63, 3.8) is 0 Å². The third-order valence-electron chi connectivity index (χ3n) is 3.66. The van der Waals surface area contributed by atoms with Crippen LogP contribution in [0.1, 0.15) is 37.4 Å². The molecule has 0 radical (unpaired) electrons. The van der Waals surface area contributed by atoms with E-state index in [2.05, 4.69) is 10.1 Å². The summed E-state index contributed by atoms with van der Waals surface area (Å²) < 4.78 is 36.7. The van der Waals surface area contributed by atoms with Crippen molar-refractivity contribution in [1.29, 1.82) is 0 Å². The Morgan fingerprint density at radius 3 is 2.85 bits per heavy atom. The SMILES string of the molecule is Cc1noc(CO[C@@H]2CCCN(S(=O)(=O)C3CC3)C2)n1. The van der Waals surface area contributed by atoms with E-state index in [1.165, 1.54) is 0 Å². The molecule has 2 aliphatic rings. The molecule has 0 spiro atoms. The van der Waals surface area contributed by atoms with Gasteiger partial charge in [-0.1, -0.05) is 5.16 Å². The van der Waals surface area contributed by atoms with E-state index in [0.29, 0.717) is 24.8 Å². The topological polar surface area (TPSA) is 85.5 Å². The van der Waals surface area contributed by atoms with E-state index in [4.69, 9.17) is 9.26 Å². The molecule has 0 amide bonds. The number of sulfonamides is 1. The van der Waals surface area contributed by atoms with E-state index in [-0.39, 0.29) is 18.0 Å². The lowest BCUT2D eigenvalue weighted by Gasteiger charge is -2.31. The Kier molecular flexibility index (Phi) is 3.78. The molecule has 1 atom stereocenters. The molecule has 1 saturated carbocycles. The van der Waals surface area contributed by atoms with Gasteiger partial charge in [0.25, 0.3) is 5.89 Å². The van der Waals surface area contributed by atoms with Gasteiger partial charge in [-0.2, -0.15) is 9.29 Å². The number of piperidine rings is 1. The number of nitrogens with zero attached hydrogens (tertiary/aromatic N) is 3. The minimum Gasteiger partial charge on any atom is -0.367 e. The number of hydrogen-bond donors (Lipinski definition) is 0. The molecule has 20 heavy (non-hydrogen) atoms. The minimum atomic E-state index is -3.10. The number of rotatable bonds is 5. The van der Waals surface area contributed by atoms with Crippen LogP contribution in [0.15, 0.2) is 4.52 Å². The Hall–Kier alpha value is -0.990. The lowest BCUT2D eigenvalue weighted by atomic mass is 10.1. The van der Waals surface area contributed by atoms with Gasteiger partial charge in [0.15, 0.2) is 5.82 Å². The van der Waals surface area contributed by atoms with Crippen LogP contribution in [0.5, 0.6) is 0 Å². The Morgan fingerprint density at radius 2 is 2.20 bits per heavy atom. The van der Waals surface area contributed by atoms with E-state index >= 15 is 0 Å². The van der Waals surface area contributed by atoms with Gasteiger partial charge in [-0.05, 0) is 32.6 Å². The Balaban J connectivity index is 1.55. The number of hydrogen-bond acceptors (Lipinski definition) is 6. The summed E-state index contributed by atoms with van der Waals surface area (Å²) >= 11 is 0. The fraction of sp³-hybridized carbons (Fsp3) is 0.833. The zero-order valence-electron chi connectivity index (χ0n) is 11.5. The average molecular weight is 301 g/mol. The largest absolute Gasteiger partial charge is 0.367 e. The van der Waals surface area contributed by atoms with Crippen molar-refractivity contribution in [2.45, 2.75) is 50.6 Å². The van der Waals surface area contributed by atoms with Crippen LogP contribution in [0.25, 0.3) is 0 Å². The highest BCUT2D eigenvalue weighted by Gasteiger charge is 2.41. The maximum absolute atomic E-state index is 12.2. The van der Waals surface area contributed by atoms with Crippen LogP contribution in [-0.4, -0.2) is 47.3 Å². The molecule has 1 aromatic rings. The van der Waals surface area contributed by atoms with Gasteiger partial charge in [-0.3, -0.25) is 0 Å². The summed E-state index contributed by atoms with van der Waals surface area (Å²) in [4.78, 5) is 4.07. The van der Waals surface area contributed by atoms with Crippen molar-refractivity contribution in [3.8, 4) is 0 Å². The Bertz CT molecular complexity index is 567. The quantitative estimate of drug-likeness (QED) is 0.801. The lowest BCUT2D eigenvalue weighted by Crippen LogP contribution is -2.44. The summed E-state index contributed by atoms with van der Waals surface area (Å²) in [6, 6.07) is 0. The first-order chi connectivity index (χ1) is 9.55. The van der Waals surface area contributed by atoms with Crippen molar-refractivity contribution in [2.24, 2.45) is 0 Å². The fourth-order valence-electron chi connectivity index (χ4n) is 2.44. The van der Waals surface area contributed by atoms with Gasteiger partial charge in [0.2, 0.25) is 10.0 Å². The summed E-state index contributed by atoms with van der Waals surface area (Å²) in [7, 11) is -3.10.